The Labute approximate surface area is 202 Å². The van der Waals surface area contributed by atoms with Crippen molar-refractivity contribution in [3.05, 3.63) is 57.0 Å². The summed E-state index contributed by atoms with van der Waals surface area (Å²) in [4.78, 5) is 31.6. The number of nitrogens with one attached hydrogen (secondary N) is 1. The lowest BCUT2D eigenvalue weighted by atomic mass is 10.1. The highest BCUT2D eigenvalue weighted by atomic mass is 35.5. The van der Waals surface area contributed by atoms with Crippen LogP contribution >= 0.6 is 23.2 Å². The van der Waals surface area contributed by atoms with E-state index < -0.39 is 0 Å². The first-order chi connectivity index (χ1) is 15.7. The van der Waals surface area contributed by atoms with E-state index in [0.29, 0.717) is 39.9 Å². The van der Waals surface area contributed by atoms with E-state index in [1.807, 2.05) is 20.8 Å². The Morgan fingerprint density at radius 2 is 2.03 bits per heavy atom. The zero-order valence-electron chi connectivity index (χ0n) is 18.7. The molecule has 0 saturated carbocycles. The topological polar surface area (TPSA) is 103 Å². The predicted octanol–water partition coefficient (Wildman–Crippen LogP) is 4.33. The third kappa shape index (κ3) is 5.62. The van der Waals surface area contributed by atoms with Gasteiger partial charge >= 0.3 is 0 Å². The van der Waals surface area contributed by atoms with Crippen molar-refractivity contribution in [2.75, 3.05) is 18.4 Å². The molecule has 0 saturated heterocycles. The molecule has 0 aliphatic carbocycles. The molecule has 1 N–H and O–H groups in total. The van der Waals surface area contributed by atoms with E-state index in [2.05, 4.69) is 21.5 Å². The molecule has 0 aliphatic rings. The molecule has 0 spiro atoms. The standard InChI is InChI=1S/C23H24Cl2N6O2/c1-4-9-30(13-21(32)29-20-7-5-17(24)10-19(20)25)22(33)8-6-18-14(2)28-23-16(11-26)12-27-31(23)15(18)3/h5,7,10,12H,4,6,8-9,13H2,1-3H3,(H,29,32). The minimum absolute atomic E-state index is 0.0778. The van der Waals surface area contributed by atoms with Crippen LogP contribution in [-0.4, -0.2) is 44.4 Å². The number of benzene rings is 1. The van der Waals surface area contributed by atoms with Gasteiger partial charge in [-0.2, -0.15) is 10.4 Å². The van der Waals surface area contributed by atoms with Gasteiger partial charge in [-0.15, -0.1) is 0 Å². The Bertz CT molecular complexity index is 1250. The minimum atomic E-state index is -0.336. The van der Waals surface area contributed by atoms with Crippen molar-refractivity contribution in [2.45, 2.75) is 40.0 Å². The zero-order valence-corrected chi connectivity index (χ0v) is 20.2. The molecule has 2 amide bonds. The number of aromatic nitrogens is 3. The lowest BCUT2D eigenvalue weighted by Gasteiger charge is -2.22. The maximum Gasteiger partial charge on any atom is 0.244 e. The second-order valence-corrected chi connectivity index (χ2v) is 8.50. The summed E-state index contributed by atoms with van der Waals surface area (Å²) in [5, 5.41) is 17.0. The molecule has 8 nitrogen and oxygen atoms in total. The fourth-order valence-electron chi connectivity index (χ4n) is 3.66. The third-order valence-electron chi connectivity index (χ3n) is 5.30. The van der Waals surface area contributed by atoms with E-state index in [-0.39, 0.29) is 24.8 Å². The molecule has 2 aromatic heterocycles. The molecule has 0 fully saturated rings. The number of halogens is 2. The van der Waals surface area contributed by atoms with E-state index in [0.717, 1.165) is 23.4 Å². The molecule has 10 heteroatoms. The van der Waals surface area contributed by atoms with Crippen LogP contribution in [0.1, 0.15) is 42.3 Å². The maximum absolute atomic E-state index is 13.0. The second kappa shape index (κ2) is 10.6. The Hall–Kier alpha value is -3.15. The number of carbonyl (C=O) groups excluding carboxylic acids is 2. The van der Waals surface area contributed by atoms with Crippen molar-refractivity contribution >= 4 is 46.4 Å². The monoisotopic (exact) mass is 486 g/mol. The Kier molecular flexibility index (Phi) is 7.90. The number of rotatable bonds is 8. The number of hydrogen-bond donors (Lipinski definition) is 1. The van der Waals surface area contributed by atoms with Crippen molar-refractivity contribution in [3.8, 4) is 6.07 Å². The van der Waals surface area contributed by atoms with Gasteiger partial charge in [-0.25, -0.2) is 9.50 Å². The lowest BCUT2D eigenvalue weighted by molar-refractivity contribution is -0.134. The minimum Gasteiger partial charge on any atom is -0.333 e. The Morgan fingerprint density at radius 1 is 1.27 bits per heavy atom. The van der Waals surface area contributed by atoms with Gasteiger partial charge < -0.3 is 10.2 Å². The van der Waals surface area contributed by atoms with Crippen LogP contribution in [0.3, 0.4) is 0 Å². The second-order valence-electron chi connectivity index (χ2n) is 7.65. The molecule has 0 aliphatic heterocycles. The summed E-state index contributed by atoms with van der Waals surface area (Å²) in [5.41, 5.74) is 3.84. The van der Waals surface area contributed by atoms with Gasteiger partial charge in [0.15, 0.2) is 5.65 Å². The van der Waals surface area contributed by atoms with Crippen molar-refractivity contribution in [1.82, 2.24) is 19.5 Å². The van der Waals surface area contributed by atoms with Gasteiger partial charge in [0.1, 0.15) is 11.6 Å². The first-order valence-corrected chi connectivity index (χ1v) is 11.3. The van der Waals surface area contributed by atoms with Crippen LogP contribution in [0, 0.1) is 25.2 Å². The van der Waals surface area contributed by atoms with E-state index >= 15 is 0 Å². The summed E-state index contributed by atoms with van der Waals surface area (Å²) in [6.07, 6.45) is 2.87. The molecular formula is C23H24Cl2N6O2. The average Bonchev–Trinajstić information content (AvgIpc) is 3.18. The molecular weight excluding hydrogens is 463 g/mol. The zero-order chi connectivity index (χ0) is 24.1. The summed E-state index contributed by atoms with van der Waals surface area (Å²) in [6, 6.07) is 6.88. The molecule has 3 rings (SSSR count). The fraction of sp³-hybridized carbons (Fsp3) is 0.348. The first kappa shape index (κ1) is 24.5. The highest BCUT2D eigenvalue weighted by molar-refractivity contribution is 6.36. The predicted molar refractivity (Wildman–Crippen MR) is 127 cm³/mol. The van der Waals surface area contributed by atoms with Crippen molar-refractivity contribution in [3.63, 3.8) is 0 Å². The Balaban J connectivity index is 1.69. The van der Waals surface area contributed by atoms with Crippen LogP contribution in [0.15, 0.2) is 24.4 Å². The van der Waals surface area contributed by atoms with Crippen molar-refractivity contribution < 1.29 is 9.59 Å². The molecule has 2 heterocycles. The quantitative estimate of drug-likeness (QED) is 0.509. The normalized spacial score (nSPS) is 10.8. The van der Waals surface area contributed by atoms with Gasteiger partial charge in [0.25, 0.3) is 0 Å². The van der Waals surface area contributed by atoms with Gasteiger partial charge in [0, 0.05) is 29.4 Å². The summed E-state index contributed by atoms with van der Waals surface area (Å²) in [7, 11) is 0. The summed E-state index contributed by atoms with van der Waals surface area (Å²) < 4.78 is 1.62. The molecule has 0 unspecified atom stereocenters. The lowest BCUT2D eigenvalue weighted by Crippen LogP contribution is -2.38. The van der Waals surface area contributed by atoms with Gasteiger partial charge in [-0.1, -0.05) is 30.1 Å². The number of amides is 2. The van der Waals surface area contributed by atoms with Crippen LogP contribution in [-0.2, 0) is 16.0 Å². The van der Waals surface area contributed by atoms with Crippen molar-refractivity contribution in [1.29, 1.82) is 5.26 Å². The SMILES string of the molecule is CCCN(CC(=O)Nc1ccc(Cl)cc1Cl)C(=O)CCc1c(C)nc2c(C#N)cnn2c1C. The molecule has 0 radical (unpaired) electrons. The van der Waals surface area contributed by atoms with Gasteiger partial charge in [0.05, 0.1) is 23.5 Å². The summed E-state index contributed by atoms with van der Waals surface area (Å²) in [6.45, 7) is 6.08. The third-order valence-corrected chi connectivity index (χ3v) is 5.85. The molecule has 3 aromatic rings. The number of anilines is 1. The number of aryl methyl sites for hydroxylation is 2. The van der Waals surface area contributed by atoms with Crippen LogP contribution in [0.5, 0.6) is 0 Å². The van der Waals surface area contributed by atoms with Crippen molar-refractivity contribution in [2.24, 2.45) is 0 Å². The fourth-order valence-corrected chi connectivity index (χ4v) is 4.11. The number of hydrogen-bond acceptors (Lipinski definition) is 5. The van der Waals surface area contributed by atoms with Crippen LogP contribution in [0.25, 0.3) is 5.65 Å². The van der Waals surface area contributed by atoms with E-state index in [9.17, 15) is 14.9 Å². The number of nitriles is 1. The number of nitrogens with zero attached hydrogens (tertiary/aromatic N) is 5. The highest BCUT2D eigenvalue weighted by Crippen LogP contribution is 2.25. The van der Waals surface area contributed by atoms with Crippen LogP contribution in [0.2, 0.25) is 10.0 Å². The molecule has 0 bridgehead atoms. The average molecular weight is 487 g/mol. The summed E-state index contributed by atoms with van der Waals surface area (Å²) in [5.74, 6) is -0.469. The van der Waals surface area contributed by atoms with Gasteiger partial charge in [0.2, 0.25) is 11.8 Å². The maximum atomic E-state index is 13.0. The van der Waals surface area contributed by atoms with Crippen LogP contribution < -0.4 is 5.32 Å². The largest absolute Gasteiger partial charge is 0.333 e. The molecule has 33 heavy (non-hydrogen) atoms. The van der Waals surface area contributed by atoms with E-state index in [1.54, 1.807) is 22.7 Å². The van der Waals surface area contributed by atoms with Gasteiger partial charge in [-0.05, 0) is 50.5 Å². The first-order valence-electron chi connectivity index (χ1n) is 10.5. The molecule has 0 atom stereocenters. The van der Waals surface area contributed by atoms with E-state index in [4.69, 9.17) is 23.2 Å². The number of carbonyl (C=O) groups is 2. The number of fused-ring (bicyclic) bond motifs is 1. The van der Waals surface area contributed by atoms with E-state index in [1.165, 1.54) is 11.1 Å². The smallest absolute Gasteiger partial charge is 0.244 e. The molecule has 172 valence electrons. The Morgan fingerprint density at radius 3 is 2.70 bits per heavy atom. The van der Waals surface area contributed by atoms with Crippen LogP contribution in [0.4, 0.5) is 5.69 Å². The summed E-state index contributed by atoms with van der Waals surface area (Å²) >= 11 is 12.0. The highest BCUT2D eigenvalue weighted by Gasteiger charge is 2.19. The molecule has 1 aromatic carbocycles. The van der Waals surface area contributed by atoms with Gasteiger partial charge in [-0.3, -0.25) is 9.59 Å².